The summed E-state index contributed by atoms with van der Waals surface area (Å²) in [4.78, 5) is 19.7. The lowest BCUT2D eigenvalue weighted by Gasteiger charge is -2.01. The number of nitrogens with zero attached hydrogens (tertiary/aromatic N) is 1. The lowest BCUT2D eigenvalue weighted by Crippen LogP contribution is -2.43. The van der Waals surface area contributed by atoms with Gasteiger partial charge in [0.25, 0.3) is 0 Å². The molecule has 0 atom stereocenters. The summed E-state index contributed by atoms with van der Waals surface area (Å²) in [5.74, 6) is 4.05. The predicted molar refractivity (Wildman–Crippen MR) is 33.9 cm³/mol. The van der Waals surface area contributed by atoms with Crippen LogP contribution in [0.3, 0.4) is 0 Å². The van der Waals surface area contributed by atoms with Crippen molar-refractivity contribution >= 4 is 18.1 Å². The molecule has 2 amide bonds. The van der Waals surface area contributed by atoms with E-state index in [0.29, 0.717) is 0 Å². The van der Waals surface area contributed by atoms with Crippen molar-refractivity contribution in [1.29, 1.82) is 0 Å². The Morgan fingerprint density at radius 3 is 1.73 bits per heavy atom. The fraction of sp³-hybridized carbons (Fsp3) is 0. The smallest absolute Gasteiger partial charge is 0.411 e. The molecule has 0 spiro atoms. The maximum atomic E-state index is 9.87. The lowest BCUT2D eigenvalue weighted by molar-refractivity contribution is 0.197. The molecule has 0 heterocycles. The summed E-state index contributed by atoms with van der Waals surface area (Å²) in [7, 11) is 0. The van der Waals surface area contributed by atoms with Crippen molar-refractivity contribution in [3.05, 3.63) is 0 Å². The van der Waals surface area contributed by atoms with Crippen LogP contribution in [0.25, 0.3) is 0 Å². The summed E-state index contributed by atoms with van der Waals surface area (Å²) < 4.78 is 0. The minimum atomic E-state index is -1.46. The van der Waals surface area contributed by atoms with E-state index in [1.54, 1.807) is 10.6 Å². The van der Waals surface area contributed by atoms with Crippen LogP contribution < -0.4 is 16.5 Å². The molecule has 8 nitrogen and oxygen atoms in total. The van der Waals surface area contributed by atoms with Gasteiger partial charge in [0.15, 0.2) is 0 Å². The minimum Gasteiger partial charge on any atom is -0.465 e. The van der Waals surface area contributed by atoms with Crippen LogP contribution in [0, 0.1) is 0 Å². The maximum absolute atomic E-state index is 9.87. The molecule has 0 rings (SSSR count). The molecule has 0 aliphatic rings. The molecule has 8 heteroatoms. The Kier molecular flexibility index (Phi) is 3.22. The van der Waals surface area contributed by atoms with Crippen molar-refractivity contribution in [2.75, 3.05) is 0 Å². The highest BCUT2D eigenvalue weighted by molar-refractivity contribution is 6.00. The van der Waals surface area contributed by atoms with Crippen LogP contribution in [-0.2, 0) is 0 Å². The van der Waals surface area contributed by atoms with Gasteiger partial charge in [-0.25, -0.2) is 9.59 Å². The van der Waals surface area contributed by atoms with Gasteiger partial charge in [-0.2, -0.15) is 0 Å². The molecule has 11 heavy (non-hydrogen) atoms. The number of rotatable bonds is 0. The Labute approximate surface area is 60.7 Å². The molecule has 0 aliphatic carbocycles. The zero-order chi connectivity index (χ0) is 8.85. The number of hydrazone groups is 1. The third kappa shape index (κ3) is 4.51. The third-order valence-electron chi connectivity index (χ3n) is 0.580. The number of amides is 2. The van der Waals surface area contributed by atoms with Crippen molar-refractivity contribution in [2.24, 2.45) is 10.9 Å². The molecule has 0 saturated heterocycles. The van der Waals surface area contributed by atoms with Gasteiger partial charge in [-0.15, -0.1) is 5.10 Å². The predicted octanol–water partition coefficient (Wildman–Crippen LogP) is -1.25. The molecular formula is C3H6N4O4. The molecule has 0 aromatic heterocycles. The molecule has 62 valence electrons. The first-order valence-electron chi connectivity index (χ1n) is 2.34. The fourth-order valence-corrected chi connectivity index (χ4v) is 0.298. The summed E-state index contributed by atoms with van der Waals surface area (Å²) in [6, 6.07) is 0. The standard InChI is InChI=1S/C3H6N4O4/c4-7-1(5-2(8)9)6-3(10)11/h4H2,(H,8,9)(H,10,11)(H2,5,6,7). The highest BCUT2D eigenvalue weighted by Gasteiger charge is 2.05. The Bertz CT molecular complexity index is 182. The summed E-state index contributed by atoms with van der Waals surface area (Å²) >= 11 is 0. The van der Waals surface area contributed by atoms with E-state index in [2.05, 4.69) is 10.9 Å². The van der Waals surface area contributed by atoms with E-state index in [0.717, 1.165) is 0 Å². The molecule has 0 unspecified atom stereocenters. The zero-order valence-electron chi connectivity index (χ0n) is 5.24. The molecule has 0 fully saturated rings. The van der Waals surface area contributed by atoms with Crippen molar-refractivity contribution in [3.63, 3.8) is 0 Å². The number of nitrogens with two attached hydrogens (primary N) is 1. The van der Waals surface area contributed by atoms with Crippen LogP contribution in [0.1, 0.15) is 0 Å². The SMILES string of the molecule is NN=C(NC(=O)O)NC(=O)O. The van der Waals surface area contributed by atoms with Gasteiger partial charge in [-0.05, 0) is 0 Å². The number of carboxylic acid groups (broad SMARTS) is 2. The number of hydrogen-bond donors (Lipinski definition) is 5. The van der Waals surface area contributed by atoms with E-state index in [4.69, 9.17) is 10.2 Å². The summed E-state index contributed by atoms with van der Waals surface area (Å²) in [6.07, 6.45) is -2.91. The van der Waals surface area contributed by atoms with E-state index in [-0.39, 0.29) is 0 Å². The van der Waals surface area contributed by atoms with Crippen LogP contribution >= 0.6 is 0 Å². The second-order valence-electron chi connectivity index (χ2n) is 1.34. The first-order chi connectivity index (χ1) is 5.06. The topological polar surface area (TPSA) is 137 Å². The van der Waals surface area contributed by atoms with Crippen LogP contribution in [0.4, 0.5) is 9.59 Å². The van der Waals surface area contributed by atoms with Gasteiger partial charge in [0.2, 0.25) is 5.96 Å². The Morgan fingerprint density at radius 1 is 1.18 bits per heavy atom. The van der Waals surface area contributed by atoms with Gasteiger partial charge in [0.05, 0.1) is 0 Å². The first kappa shape index (κ1) is 9.01. The molecule has 0 aromatic carbocycles. The van der Waals surface area contributed by atoms with E-state index >= 15 is 0 Å². The van der Waals surface area contributed by atoms with Crippen molar-refractivity contribution in [2.45, 2.75) is 0 Å². The van der Waals surface area contributed by atoms with Gasteiger partial charge in [0.1, 0.15) is 0 Å². The van der Waals surface area contributed by atoms with Gasteiger partial charge in [0, 0.05) is 0 Å². The molecule has 6 N–H and O–H groups in total. The van der Waals surface area contributed by atoms with Crippen molar-refractivity contribution in [3.8, 4) is 0 Å². The Balaban J connectivity index is 3.99. The van der Waals surface area contributed by atoms with E-state index in [9.17, 15) is 9.59 Å². The molecule has 0 aromatic rings. The Morgan fingerprint density at radius 2 is 1.55 bits per heavy atom. The van der Waals surface area contributed by atoms with Crippen molar-refractivity contribution < 1.29 is 19.8 Å². The van der Waals surface area contributed by atoms with E-state index in [1.165, 1.54) is 0 Å². The van der Waals surface area contributed by atoms with E-state index in [1.807, 2.05) is 0 Å². The van der Waals surface area contributed by atoms with Crippen LogP contribution in [0.15, 0.2) is 5.10 Å². The summed E-state index contributed by atoms with van der Waals surface area (Å²) in [6.45, 7) is 0. The van der Waals surface area contributed by atoms with E-state index < -0.39 is 18.1 Å². The van der Waals surface area contributed by atoms with Crippen LogP contribution in [-0.4, -0.2) is 28.4 Å². The van der Waals surface area contributed by atoms with Crippen LogP contribution in [0.5, 0.6) is 0 Å². The van der Waals surface area contributed by atoms with Crippen molar-refractivity contribution in [1.82, 2.24) is 10.6 Å². The third-order valence-corrected chi connectivity index (χ3v) is 0.580. The van der Waals surface area contributed by atoms with Gasteiger partial charge < -0.3 is 16.1 Å². The molecule has 0 saturated carbocycles. The van der Waals surface area contributed by atoms with Gasteiger partial charge in [-0.1, -0.05) is 0 Å². The summed E-state index contributed by atoms with van der Waals surface area (Å²) in [5, 5.41) is 22.1. The largest absolute Gasteiger partial charge is 0.465 e. The Hall–Kier alpha value is -1.99. The number of guanidine groups is 1. The average Bonchev–Trinajstić information content (AvgIpc) is 1.84. The molecule has 0 bridgehead atoms. The molecule has 0 radical (unpaired) electrons. The second-order valence-corrected chi connectivity index (χ2v) is 1.34. The maximum Gasteiger partial charge on any atom is 0.411 e. The fourth-order valence-electron chi connectivity index (χ4n) is 0.298. The minimum absolute atomic E-state index is 0.551. The number of hydrogen-bond acceptors (Lipinski definition) is 4. The second kappa shape index (κ2) is 3.93. The van der Waals surface area contributed by atoms with Gasteiger partial charge >= 0.3 is 12.2 Å². The zero-order valence-corrected chi connectivity index (χ0v) is 5.24. The lowest BCUT2D eigenvalue weighted by atomic mass is 10.8. The normalized spacial score (nSPS) is 8.00. The highest BCUT2D eigenvalue weighted by Crippen LogP contribution is 1.66. The number of nitrogens with one attached hydrogen (secondary N) is 2. The van der Waals surface area contributed by atoms with Gasteiger partial charge in [-0.3, -0.25) is 10.6 Å². The quantitative estimate of drug-likeness (QED) is 0.131. The average molecular weight is 162 g/mol. The monoisotopic (exact) mass is 162 g/mol. The summed E-state index contributed by atoms with van der Waals surface area (Å²) in [5.41, 5.74) is 0. The molecule has 0 aliphatic heterocycles. The highest BCUT2D eigenvalue weighted by atomic mass is 16.4. The van der Waals surface area contributed by atoms with Crippen LogP contribution in [0.2, 0.25) is 0 Å². The number of carbonyl (C=O) groups is 2. The molecular weight excluding hydrogens is 156 g/mol. The first-order valence-corrected chi connectivity index (χ1v) is 2.34.